The standard InChI is InChI=1S/C9H13NO2/c11-9(6-7-10-12)8-4-2-1-3-5-8/h1-5,9-12H,6-7H2. The maximum absolute atomic E-state index is 9.50. The van der Waals surface area contributed by atoms with Crippen molar-refractivity contribution in [1.29, 1.82) is 0 Å². The van der Waals surface area contributed by atoms with Crippen LogP contribution >= 0.6 is 0 Å². The van der Waals surface area contributed by atoms with E-state index < -0.39 is 6.10 Å². The van der Waals surface area contributed by atoms with Crippen LogP contribution in [0, 0.1) is 0 Å². The van der Waals surface area contributed by atoms with Crippen LogP contribution < -0.4 is 5.48 Å². The SMILES string of the molecule is ONCCC(O)c1ccccc1. The molecule has 12 heavy (non-hydrogen) atoms. The van der Waals surface area contributed by atoms with Crippen molar-refractivity contribution in [3.63, 3.8) is 0 Å². The summed E-state index contributed by atoms with van der Waals surface area (Å²) in [6.45, 7) is 0.399. The summed E-state index contributed by atoms with van der Waals surface area (Å²) in [5, 5.41) is 17.8. The Morgan fingerprint density at radius 3 is 2.50 bits per heavy atom. The number of rotatable bonds is 4. The first-order chi connectivity index (χ1) is 5.84. The van der Waals surface area contributed by atoms with E-state index in [-0.39, 0.29) is 0 Å². The van der Waals surface area contributed by atoms with Crippen molar-refractivity contribution in [2.75, 3.05) is 6.54 Å². The minimum Gasteiger partial charge on any atom is -0.388 e. The Balaban J connectivity index is 2.48. The summed E-state index contributed by atoms with van der Waals surface area (Å²) < 4.78 is 0. The van der Waals surface area contributed by atoms with E-state index in [1.54, 1.807) is 0 Å². The zero-order valence-electron chi connectivity index (χ0n) is 6.77. The van der Waals surface area contributed by atoms with Gasteiger partial charge in [-0.1, -0.05) is 30.3 Å². The van der Waals surface area contributed by atoms with E-state index in [2.05, 4.69) is 0 Å². The fourth-order valence-corrected chi connectivity index (χ4v) is 1.04. The van der Waals surface area contributed by atoms with Gasteiger partial charge in [-0.2, -0.15) is 0 Å². The number of aliphatic hydroxyl groups excluding tert-OH is 1. The molecule has 1 aromatic rings. The van der Waals surface area contributed by atoms with Gasteiger partial charge in [0.1, 0.15) is 0 Å². The lowest BCUT2D eigenvalue weighted by molar-refractivity contribution is 0.121. The van der Waals surface area contributed by atoms with Crippen molar-refractivity contribution in [3.8, 4) is 0 Å². The van der Waals surface area contributed by atoms with Crippen LogP contribution in [0.25, 0.3) is 0 Å². The molecule has 66 valence electrons. The van der Waals surface area contributed by atoms with Crippen molar-refractivity contribution in [2.24, 2.45) is 0 Å². The molecule has 1 rings (SSSR count). The molecule has 3 N–H and O–H groups in total. The lowest BCUT2D eigenvalue weighted by atomic mass is 10.1. The van der Waals surface area contributed by atoms with Gasteiger partial charge in [0, 0.05) is 6.54 Å². The van der Waals surface area contributed by atoms with Crippen LogP contribution in [0.15, 0.2) is 30.3 Å². The van der Waals surface area contributed by atoms with Crippen molar-refractivity contribution < 1.29 is 10.3 Å². The second-order valence-corrected chi connectivity index (χ2v) is 2.62. The van der Waals surface area contributed by atoms with Crippen molar-refractivity contribution in [3.05, 3.63) is 35.9 Å². The Bertz CT molecular complexity index is 213. The summed E-state index contributed by atoms with van der Waals surface area (Å²) in [4.78, 5) is 0. The lowest BCUT2D eigenvalue weighted by Crippen LogP contribution is -2.12. The third kappa shape index (κ3) is 2.62. The quantitative estimate of drug-likeness (QED) is 0.588. The van der Waals surface area contributed by atoms with Crippen LogP contribution in [0.2, 0.25) is 0 Å². The van der Waals surface area contributed by atoms with Gasteiger partial charge < -0.3 is 10.3 Å². The predicted octanol–water partition coefficient (Wildman–Crippen LogP) is 1.09. The fraction of sp³-hybridized carbons (Fsp3) is 0.333. The summed E-state index contributed by atoms with van der Waals surface area (Å²) in [7, 11) is 0. The molecule has 1 atom stereocenters. The second kappa shape index (κ2) is 4.87. The highest BCUT2D eigenvalue weighted by atomic mass is 16.5. The maximum Gasteiger partial charge on any atom is 0.0803 e. The minimum absolute atomic E-state index is 0.399. The van der Waals surface area contributed by atoms with Crippen LogP contribution in [-0.4, -0.2) is 16.9 Å². The van der Waals surface area contributed by atoms with Crippen LogP contribution in [0.1, 0.15) is 18.1 Å². The molecule has 0 radical (unpaired) electrons. The largest absolute Gasteiger partial charge is 0.388 e. The Hall–Kier alpha value is -0.900. The maximum atomic E-state index is 9.50. The molecule has 0 amide bonds. The first-order valence-corrected chi connectivity index (χ1v) is 3.94. The number of nitrogens with one attached hydrogen (secondary N) is 1. The molecule has 0 aliphatic heterocycles. The molecule has 1 aromatic carbocycles. The summed E-state index contributed by atoms with van der Waals surface area (Å²) >= 11 is 0. The number of aliphatic hydroxyl groups is 1. The third-order valence-corrected chi connectivity index (χ3v) is 1.71. The van der Waals surface area contributed by atoms with E-state index in [0.717, 1.165) is 5.56 Å². The summed E-state index contributed by atoms with van der Waals surface area (Å²) in [6.07, 6.45) is 0.0198. The molecule has 0 fully saturated rings. The Labute approximate surface area is 71.6 Å². The normalized spacial score (nSPS) is 12.8. The molecule has 3 nitrogen and oxygen atoms in total. The van der Waals surface area contributed by atoms with Gasteiger partial charge in [-0.15, -0.1) is 0 Å². The average Bonchev–Trinajstić information content (AvgIpc) is 2.15. The highest BCUT2D eigenvalue weighted by Gasteiger charge is 2.04. The van der Waals surface area contributed by atoms with E-state index in [1.807, 2.05) is 35.8 Å². The Morgan fingerprint density at radius 1 is 1.25 bits per heavy atom. The van der Waals surface area contributed by atoms with Gasteiger partial charge in [0.05, 0.1) is 6.10 Å². The molecular formula is C9H13NO2. The van der Waals surface area contributed by atoms with Gasteiger partial charge in [0.2, 0.25) is 0 Å². The predicted molar refractivity (Wildman–Crippen MR) is 45.8 cm³/mol. The molecule has 0 aliphatic rings. The summed E-state index contributed by atoms with van der Waals surface area (Å²) in [5.74, 6) is 0. The summed E-state index contributed by atoms with van der Waals surface area (Å²) in [6, 6.07) is 9.39. The van der Waals surface area contributed by atoms with E-state index in [9.17, 15) is 5.11 Å². The first kappa shape index (κ1) is 9.19. The lowest BCUT2D eigenvalue weighted by Gasteiger charge is -2.09. The molecule has 1 unspecified atom stereocenters. The van der Waals surface area contributed by atoms with Gasteiger partial charge in [0.25, 0.3) is 0 Å². The zero-order valence-corrected chi connectivity index (χ0v) is 6.77. The minimum atomic E-state index is -0.495. The van der Waals surface area contributed by atoms with Gasteiger partial charge in [-0.25, -0.2) is 5.48 Å². The van der Waals surface area contributed by atoms with Crippen LogP contribution in [0.3, 0.4) is 0 Å². The highest BCUT2D eigenvalue weighted by Crippen LogP contribution is 2.14. The molecule has 3 heteroatoms. The third-order valence-electron chi connectivity index (χ3n) is 1.71. The van der Waals surface area contributed by atoms with Crippen LogP contribution in [-0.2, 0) is 0 Å². The highest BCUT2D eigenvalue weighted by molar-refractivity contribution is 5.17. The zero-order chi connectivity index (χ0) is 8.81. The van der Waals surface area contributed by atoms with Crippen molar-refractivity contribution in [1.82, 2.24) is 5.48 Å². The fourth-order valence-electron chi connectivity index (χ4n) is 1.04. The number of hydrogen-bond acceptors (Lipinski definition) is 3. The average molecular weight is 167 g/mol. The second-order valence-electron chi connectivity index (χ2n) is 2.62. The van der Waals surface area contributed by atoms with Gasteiger partial charge in [-0.05, 0) is 12.0 Å². The molecule has 0 saturated carbocycles. The van der Waals surface area contributed by atoms with Gasteiger partial charge >= 0.3 is 0 Å². The number of hydroxylamine groups is 1. The van der Waals surface area contributed by atoms with Gasteiger partial charge in [0.15, 0.2) is 0 Å². The van der Waals surface area contributed by atoms with E-state index in [1.165, 1.54) is 0 Å². The Morgan fingerprint density at radius 2 is 1.92 bits per heavy atom. The summed E-state index contributed by atoms with van der Waals surface area (Å²) in [5.41, 5.74) is 2.89. The molecule has 0 bridgehead atoms. The van der Waals surface area contributed by atoms with E-state index >= 15 is 0 Å². The number of hydrogen-bond donors (Lipinski definition) is 3. The molecule has 0 spiro atoms. The molecular weight excluding hydrogens is 154 g/mol. The smallest absolute Gasteiger partial charge is 0.0803 e. The molecule has 0 saturated heterocycles. The van der Waals surface area contributed by atoms with Crippen molar-refractivity contribution >= 4 is 0 Å². The van der Waals surface area contributed by atoms with Crippen LogP contribution in [0.5, 0.6) is 0 Å². The molecule has 0 heterocycles. The van der Waals surface area contributed by atoms with E-state index in [0.29, 0.717) is 13.0 Å². The monoisotopic (exact) mass is 167 g/mol. The van der Waals surface area contributed by atoms with Crippen LogP contribution in [0.4, 0.5) is 0 Å². The molecule has 0 aromatic heterocycles. The molecule has 0 aliphatic carbocycles. The van der Waals surface area contributed by atoms with Crippen molar-refractivity contribution in [2.45, 2.75) is 12.5 Å². The Kier molecular flexibility index (Phi) is 3.73. The van der Waals surface area contributed by atoms with E-state index in [4.69, 9.17) is 5.21 Å². The first-order valence-electron chi connectivity index (χ1n) is 3.94. The van der Waals surface area contributed by atoms with Gasteiger partial charge in [-0.3, -0.25) is 0 Å². The number of benzene rings is 1. The topological polar surface area (TPSA) is 52.5 Å².